The maximum atomic E-state index is 13.2. The minimum atomic E-state index is -3.39. The Morgan fingerprint density at radius 2 is 1.76 bits per heavy atom. The number of aryl methyl sites for hydroxylation is 1. The fraction of sp³-hybridized carbons (Fsp3) is 0.667. The van der Waals surface area contributed by atoms with E-state index in [1.54, 1.807) is 8.61 Å². The highest BCUT2D eigenvalue weighted by atomic mass is 35.5. The average Bonchev–Trinajstić information content (AvgIpc) is 2.62. The van der Waals surface area contributed by atoms with Crippen molar-refractivity contribution in [3.8, 4) is 0 Å². The number of halogens is 1. The predicted octanol–water partition coefficient (Wildman–Crippen LogP) is 2.59. The first-order chi connectivity index (χ1) is 11.5. The zero-order valence-corrected chi connectivity index (χ0v) is 16.8. The first kappa shape index (κ1) is 20.6. The van der Waals surface area contributed by atoms with Crippen molar-refractivity contribution in [1.29, 1.82) is 0 Å². The molecule has 142 valence electrons. The molecule has 5 nitrogen and oxygen atoms in total. The van der Waals surface area contributed by atoms with Gasteiger partial charge in [-0.1, -0.05) is 38.1 Å². The van der Waals surface area contributed by atoms with Crippen molar-refractivity contribution in [2.75, 3.05) is 32.7 Å². The van der Waals surface area contributed by atoms with Gasteiger partial charge in [0.25, 0.3) is 10.2 Å². The Hall–Kier alpha value is -0.660. The molecule has 2 aliphatic rings. The van der Waals surface area contributed by atoms with Crippen LogP contribution >= 0.6 is 12.4 Å². The van der Waals surface area contributed by atoms with Crippen molar-refractivity contribution in [3.63, 3.8) is 0 Å². The van der Waals surface area contributed by atoms with E-state index in [1.165, 1.54) is 5.56 Å². The van der Waals surface area contributed by atoms with E-state index in [0.717, 1.165) is 24.8 Å². The maximum absolute atomic E-state index is 13.2. The molecule has 0 aromatic heterocycles. The smallest absolute Gasteiger partial charge is 0.282 e. The molecular weight excluding hydrogens is 358 g/mol. The van der Waals surface area contributed by atoms with Crippen LogP contribution in [-0.4, -0.2) is 49.8 Å². The summed E-state index contributed by atoms with van der Waals surface area (Å²) in [5.74, 6) is 0.622. The molecule has 1 aromatic rings. The molecule has 2 heterocycles. The molecule has 3 rings (SSSR count). The van der Waals surface area contributed by atoms with E-state index < -0.39 is 10.2 Å². The Labute approximate surface area is 158 Å². The Morgan fingerprint density at radius 3 is 2.36 bits per heavy atom. The summed E-state index contributed by atoms with van der Waals surface area (Å²) in [7, 11) is -3.39. The lowest BCUT2D eigenvalue weighted by molar-refractivity contribution is 0.223. The van der Waals surface area contributed by atoms with Gasteiger partial charge in [0.1, 0.15) is 0 Å². The molecule has 0 spiro atoms. The third-order valence-corrected chi connectivity index (χ3v) is 7.38. The second kappa shape index (κ2) is 8.82. The number of hydrogen-bond acceptors (Lipinski definition) is 3. The van der Waals surface area contributed by atoms with Gasteiger partial charge in [0.15, 0.2) is 0 Å². The van der Waals surface area contributed by atoms with Gasteiger partial charge < -0.3 is 5.32 Å². The molecule has 0 amide bonds. The van der Waals surface area contributed by atoms with Gasteiger partial charge in [0, 0.05) is 32.7 Å². The average molecular weight is 388 g/mol. The number of rotatable bonds is 4. The molecular formula is C18H30ClN3O2S. The molecule has 1 aromatic carbocycles. The number of nitrogens with zero attached hydrogens (tertiary/aromatic N) is 2. The lowest BCUT2D eigenvalue weighted by Gasteiger charge is -2.40. The normalized spacial score (nSPS) is 24.0. The van der Waals surface area contributed by atoms with Crippen LogP contribution in [0, 0.1) is 5.92 Å². The van der Waals surface area contributed by atoms with Gasteiger partial charge in [-0.15, -0.1) is 12.4 Å². The molecule has 25 heavy (non-hydrogen) atoms. The number of nitrogens with one attached hydrogen (secondary N) is 1. The number of hydrogen-bond donors (Lipinski definition) is 1. The molecule has 1 unspecified atom stereocenters. The van der Waals surface area contributed by atoms with Crippen LogP contribution in [0.25, 0.3) is 0 Å². The molecule has 2 saturated heterocycles. The van der Waals surface area contributed by atoms with Crippen LogP contribution in [-0.2, 0) is 16.6 Å². The van der Waals surface area contributed by atoms with Crippen LogP contribution in [0.3, 0.4) is 0 Å². The topological polar surface area (TPSA) is 52.7 Å². The van der Waals surface area contributed by atoms with Gasteiger partial charge in [-0.3, -0.25) is 0 Å². The summed E-state index contributed by atoms with van der Waals surface area (Å²) in [6.07, 6.45) is 2.92. The summed E-state index contributed by atoms with van der Waals surface area (Å²) in [6, 6.07) is 8.26. The quantitative estimate of drug-likeness (QED) is 0.863. The number of benzene rings is 1. The molecule has 1 atom stereocenters. The molecule has 7 heteroatoms. The van der Waals surface area contributed by atoms with Gasteiger partial charge in [0.05, 0.1) is 6.04 Å². The van der Waals surface area contributed by atoms with Crippen LogP contribution < -0.4 is 5.32 Å². The van der Waals surface area contributed by atoms with E-state index in [9.17, 15) is 8.42 Å². The zero-order valence-electron chi connectivity index (χ0n) is 15.1. The van der Waals surface area contributed by atoms with Gasteiger partial charge in [0.2, 0.25) is 0 Å². The molecule has 0 radical (unpaired) electrons. The minimum Gasteiger partial charge on any atom is -0.313 e. The van der Waals surface area contributed by atoms with E-state index in [2.05, 4.69) is 43.4 Å². The van der Waals surface area contributed by atoms with Gasteiger partial charge in [-0.2, -0.15) is 17.0 Å². The Balaban J connectivity index is 0.00000225. The van der Waals surface area contributed by atoms with Crippen LogP contribution in [0.15, 0.2) is 24.3 Å². The van der Waals surface area contributed by atoms with E-state index in [4.69, 9.17) is 0 Å². The van der Waals surface area contributed by atoms with Crippen molar-refractivity contribution < 1.29 is 8.42 Å². The standard InChI is InChI=1S/C18H29N3O2S.ClH/c1-3-16-4-6-17(7-5-16)18-14-19-10-13-21(18)24(22,23)20-11-8-15(2)9-12-20;/h4-7,15,18-19H,3,8-14H2,1-2H3;1H. The Morgan fingerprint density at radius 1 is 1.12 bits per heavy atom. The Bertz CT molecular complexity index is 643. The van der Waals surface area contributed by atoms with Crippen LogP contribution in [0.5, 0.6) is 0 Å². The minimum absolute atomic E-state index is 0. The summed E-state index contributed by atoms with van der Waals surface area (Å²) < 4.78 is 29.8. The van der Waals surface area contributed by atoms with Crippen LogP contribution in [0.1, 0.15) is 43.9 Å². The molecule has 0 bridgehead atoms. The molecule has 2 aliphatic heterocycles. The summed E-state index contributed by atoms with van der Waals surface area (Å²) >= 11 is 0. The second-order valence-corrected chi connectivity index (χ2v) is 8.90. The summed E-state index contributed by atoms with van der Waals surface area (Å²) in [5, 5.41) is 3.35. The monoisotopic (exact) mass is 387 g/mol. The molecule has 2 fully saturated rings. The van der Waals surface area contributed by atoms with E-state index in [-0.39, 0.29) is 18.4 Å². The highest BCUT2D eigenvalue weighted by Gasteiger charge is 2.38. The summed E-state index contributed by atoms with van der Waals surface area (Å²) in [4.78, 5) is 0. The third kappa shape index (κ3) is 4.55. The fourth-order valence-corrected chi connectivity index (χ4v) is 5.39. The van der Waals surface area contributed by atoms with E-state index in [0.29, 0.717) is 38.6 Å². The number of piperidine rings is 1. The van der Waals surface area contributed by atoms with Crippen molar-refractivity contribution in [1.82, 2.24) is 13.9 Å². The SMILES string of the molecule is CCc1ccc(C2CNCCN2S(=O)(=O)N2CCC(C)CC2)cc1.Cl. The van der Waals surface area contributed by atoms with Crippen molar-refractivity contribution in [3.05, 3.63) is 35.4 Å². The van der Waals surface area contributed by atoms with Crippen molar-refractivity contribution >= 4 is 22.6 Å². The predicted molar refractivity (Wildman–Crippen MR) is 104 cm³/mol. The zero-order chi connectivity index (χ0) is 17.2. The molecule has 1 N–H and O–H groups in total. The lowest BCUT2D eigenvalue weighted by Crippen LogP contribution is -2.54. The van der Waals surface area contributed by atoms with Gasteiger partial charge in [-0.25, -0.2) is 0 Å². The Kier molecular flexibility index (Phi) is 7.29. The van der Waals surface area contributed by atoms with Crippen molar-refractivity contribution in [2.45, 2.75) is 39.2 Å². The van der Waals surface area contributed by atoms with Gasteiger partial charge in [-0.05, 0) is 36.3 Å². The highest BCUT2D eigenvalue weighted by molar-refractivity contribution is 7.86. The number of piperazine rings is 1. The van der Waals surface area contributed by atoms with E-state index in [1.807, 2.05) is 0 Å². The summed E-state index contributed by atoms with van der Waals surface area (Å²) in [5.41, 5.74) is 2.36. The first-order valence-corrected chi connectivity index (χ1v) is 10.5. The highest BCUT2D eigenvalue weighted by Crippen LogP contribution is 2.29. The third-order valence-electron chi connectivity index (χ3n) is 5.33. The van der Waals surface area contributed by atoms with E-state index >= 15 is 0 Å². The molecule has 0 aliphatic carbocycles. The fourth-order valence-electron chi connectivity index (χ4n) is 3.59. The summed E-state index contributed by atoms with van der Waals surface area (Å²) in [6.45, 7) is 7.55. The first-order valence-electron chi connectivity index (χ1n) is 9.09. The van der Waals surface area contributed by atoms with Crippen molar-refractivity contribution in [2.24, 2.45) is 5.92 Å². The van der Waals surface area contributed by atoms with Crippen LogP contribution in [0.2, 0.25) is 0 Å². The largest absolute Gasteiger partial charge is 0.313 e. The lowest BCUT2D eigenvalue weighted by atomic mass is 10.0. The van der Waals surface area contributed by atoms with Gasteiger partial charge >= 0.3 is 0 Å². The van der Waals surface area contributed by atoms with Crippen LogP contribution in [0.4, 0.5) is 0 Å². The maximum Gasteiger partial charge on any atom is 0.282 e. The second-order valence-electron chi connectivity index (χ2n) is 7.02. The molecule has 0 saturated carbocycles.